The lowest BCUT2D eigenvalue weighted by Gasteiger charge is -2.12. The van der Waals surface area contributed by atoms with Gasteiger partial charge in [0.1, 0.15) is 0 Å². The molecule has 6 nitrogen and oxygen atoms in total. The van der Waals surface area contributed by atoms with Crippen LogP contribution in [0.15, 0.2) is 42.6 Å². The average Bonchev–Trinajstić information content (AvgIpc) is 3.05. The molecule has 0 fully saturated rings. The van der Waals surface area contributed by atoms with E-state index in [1.165, 1.54) is 27.9 Å². The molecule has 4 N–H and O–H groups in total. The standard InChI is InChI=1S/C15H18N2.C4H4O4/c1-10-3-4-12-8-13-5-6-17(9-11(2)16)15(13)14(12)7-10;5-3(6)1-2-4(7)8/h3-7,11H,8-9,16H2,1-2H3;1-2H,(H,5,6)(H,7,8)/t11-;/m0./s1. The van der Waals surface area contributed by atoms with Crippen LogP contribution in [-0.2, 0) is 22.6 Å². The smallest absolute Gasteiger partial charge is 0.328 e. The number of rotatable bonds is 4. The first-order valence-corrected chi connectivity index (χ1v) is 7.95. The molecule has 1 aromatic heterocycles. The van der Waals surface area contributed by atoms with Crippen LogP contribution in [0.1, 0.15) is 23.6 Å². The quantitative estimate of drug-likeness (QED) is 0.632. The van der Waals surface area contributed by atoms with Crippen LogP contribution in [0.25, 0.3) is 11.3 Å². The zero-order valence-electron chi connectivity index (χ0n) is 14.3. The molecule has 0 amide bonds. The highest BCUT2D eigenvalue weighted by Gasteiger charge is 2.22. The summed E-state index contributed by atoms with van der Waals surface area (Å²) < 4.78 is 2.30. The Bertz CT molecular complexity index is 803. The highest BCUT2D eigenvalue weighted by atomic mass is 16.4. The van der Waals surface area contributed by atoms with Gasteiger partial charge in [-0.3, -0.25) is 0 Å². The summed E-state index contributed by atoms with van der Waals surface area (Å²) in [6, 6.07) is 9.16. The van der Waals surface area contributed by atoms with Crippen molar-refractivity contribution in [1.29, 1.82) is 0 Å². The monoisotopic (exact) mass is 342 g/mol. The number of carboxylic acid groups (broad SMARTS) is 2. The summed E-state index contributed by atoms with van der Waals surface area (Å²) in [5.41, 5.74) is 12.9. The van der Waals surface area contributed by atoms with Gasteiger partial charge in [0.05, 0.1) is 5.69 Å². The molecule has 0 saturated heterocycles. The number of nitrogens with two attached hydrogens (primary N) is 1. The van der Waals surface area contributed by atoms with Crippen molar-refractivity contribution in [1.82, 2.24) is 4.57 Å². The van der Waals surface area contributed by atoms with Crippen LogP contribution in [0.4, 0.5) is 0 Å². The normalized spacial score (nSPS) is 12.9. The van der Waals surface area contributed by atoms with Gasteiger partial charge in [0.2, 0.25) is 0 Å². The number of aryl methyl sites for hydroxylation is 1. The lowest BCUT2D eigenvalue weighted by Crippen LogP contribution is -2.22. The van der Waals surface area contributed by atoms with Gasteiger partial charge >= 0.3 is 11.9 Å². The minimum atomic E-state index is -1.26. The van der Waals surface area contributed by atoms with Gasteiger partial charge in [-0.2, -0.15) is 0 Å². The molecule has 1 atom stereocenters. The molecule has 25 heavy (non-hydrogen) atoms. The maximum Gasteiger partial charge on any atom is 0.328 e. The van der Waals surface area contributed by atoms with Gasteiger partial charge < -0.3 is 20.5 Å². The van der Waals surface area contributed by atoms with Crippen LogP contribution >= 0.6 is 0 Å². The third-order valence-corrected chi connectivity index (χ3v) is 3.80. The molecule has 1 aliphatic carbocycles. The molecule has 6 heteroatoms. The molecule has 0 aliphatic heterocycles. The largest absolute Gasteiger partial charge is 0.478 e. The van der Waals surface area contributed by atoms with E-state index in [9.17, 15) is 9.59 Å². The van der Waals surface area contributed by atoms with Gasteiger partial charge in [-0.05, 0) is 37.1 Å². The molecule has 0 bridgehead atoms. The lowest BCUT2D eigenvalue weighted by atomic mass is 10.1. The van der Waals surface area contributed by atoms with Crippen LogP contribution in [0.5, 0.6) is 0 Å². The molecule has 1 aliphatic rings. The maximum atomic E-state index is 9.55. The molecule has 3 rings (SSSR count). The van der Waals surface area contributed by atoms with E-state index in [-0.39, 0.29) is 6.04 Å². The number of fused-ring (bicyclic) bond motifs is 3. The number of aromatic nitrogens is 1. The topological polar surface area (TPSA) is 106 Å². The van der Waals surface area contributed by atoms with Crippen molar-refractivity contribution < 1.29 is 19.8 Å². The van der Waals surface area contributed by atoms with E-state index in [2.05, 4.69) is 48.9 Å². The number of carbonyl (C=O) groups is 2. The van der Waals surface area contributed by atoms with Crippen LogP contribution in [-0.4, -0.2) is 32.8 Å². The number of hydrogen-bond acceptors (Lipinski definition) is 3. The fourth-order valence-corrected chi connectivity index (χ4v) is 2.86. The number of aliphatic carboxylic acids is 2. The predicted molar refractivity (Wildman–Crippen MR) is 95.5 cm³/mol. The second-order valence-electron chi connectivity index (χ2n) is 6.17. The SMILES string of the molecule is Cc1ccc2c(c1)-c1c(ccn1C[C@H](C)N)C2.O=C(O)C=CC(=O)O. The van der Waals surface area contributed by atoms with Crippen LogP contribution in [0.3, 0.4) is 0 Å². The van der Waals surface area contributed by atoms with Crippen LogP contribution < -0.4 is 5.73 Å². The van der Waals surface area contributed by atoms with Gasteiger partial charge in [-0.1, -0.05) is 17.7 Å². The Balaban J connectivity index is 0.000000242. The molecular formula is C19H22N2O4. The molecule has 132 valence electrons. The molecule has 0 spiro atoms. The fourth-order valence-electron chi connectivity index (χ4n) is 2.86. The first-order chi connectivity index (χ1) is 11.8. The van der Waals surface area contributed by atoms with E-state index in [1.54, 1.807) is 0 Å². The Hall–Kier alpha value is -2.86. The molecule has 2 aromatic rings. The summed E-state index contributed by atoms with van der Waals surface area (Å²) in [6.45, 7) is 5.10. The van der Waals surface area contributed by atoms with Crippen molar-refractivity contribution in [3.05, 3.63) is 59.3 Å². The van der Waals surface area contributed by atoms with Crippen molar-refractivity contribution >= 4 is 11.9 Å². The second kappa shape index (κ2) is 7.81. The summed E-state index contributed by atoms with van der Waals surface area (Å²) in [5, 5.41) is 15.6. The van der Waals surface area contributed by atoms with Crippen molar-refractivity contribution in [2.45, 2.75) is 32.9 Å². The highest BCUT2D eigenvalue weighted by molar-refractivity contribution is 5.89. The number of benzene rings is 1. The van der Waals surface area contributed by atoms with Crippen molar-refractivity contribution in [2.24, 2.45) is 5.73 Å². The Kier molecular flexibility index (Phi) is 5.77. The summed E-state index contributed by atoms with van der Waals surface area (Å²) >= 11 is 0. The molecule has 0 unspecified atom stereocenters. The van der Waals surface area contributed by atoms with Crippen LogP contribution in [0.2, 0.25) is 0 Å². The second-order valence-corrected chi connectivity index (χ2v) is 6.17. The Labute approximate surface area is 146 Å². The number of hydrogen-bond donors (Lipinski definition) is 3. The number of carboxylic acids is 2. The van der Waals surface area contributed by atoms with Crippen molar-refractivity contribution in [2.75, 3.05) is 0 Å². The minimum Gasteiger partial charge on any atom is -0.478 e. The van der Waals surface area contributed by atoms with Crippen LogP contribution in [0, 0.1) is 6.92 Å². The maximum absolute atomic E-state index is 9.55. The Morgan fingerprint density at radius 2 is 1.84 bits per heavy atom. The van der Waals surface area contributed by atoms with Gasteiger partial charge in [0, 0.05) is 42.9 Å². The first kappa shape index (κ1) is 18.5. The van der Waals surface area contributed by atoms with E-state index in [0.29, 0.717) is 12.2 Å². The summed E-state index contributed by atoms with van der Waals surface area (Å²) in [4.78, 5) is 19.1. The first-order valence-electron chi connectivity index (χ1n) is 7.95. The predicted octanol–water partition coefficient (Wildman–Crippen LogP) is 2.43. The summed E-state index contributed by atoms with van der Waals surface area (Å²) in [7, 11) is 0. The van der Waals surface area contributed by atoms with Gasteiger partial charge in [-0.15, -0.1) is 0 Å². The summed E-state index contributed by atoms with van der Waals surface area (Å²) in [5.74, 6) is -2.51. The Morgan fingerprint density at radius 1 is 1.20 bits per heavy atom. The third-order valence-electron chi connectivity index (χ3n) is 3.80. The fraction of sp³-hybridized carbons (Fsp3) is 0.263. The average molecular weight is 342 g/mol. The molecule has 0 saturated carbocycles. The molecule has 0 radical (unpaired) electrons. The van der Waals surface area contributed by atoms with Gasteiger partial charge in [-0.25, -0.2) is 9.59 Å². The zero-order chi connectivity index (χ0) is 18.6. The zero-order valence-corrected chi connectivity index (χ0v) is 14.3. The minimum absolute atomic E-state index is 0.195. The van der Waals surface area contributed by atoms with E-state index in [0.717, 1.165) is 13.0 Å². The van der Waals surface area contributed by atoms with Crippen molar-refractivity contribution in [3.8, 4) is 11.3 Å². The van der Waals surface area contributed by atoms with E-state index >= 15 is 0 Å². The molecule has 1 heterocycles. The lowest BCUT2D eigenvalue weighted by molar-refractivity contribution is -0.134. The van der Waals surface area contributed by atoms with E-state index < -0.39 is 11.9 Å². The van der Waals surface area contributed by atoms with Gasteiger partial charge in [0.25, 0.3) is 0 Å². The Morgan fingerprint density at radius 3 is 2.40 bits per heavy atom. The van der Waals surface area contributed by atoms with E-state index in [1.807, 2.05) is 0 Å². The number of nitrogens with zero attached hydrogens (tertiary/aromatic N) is 1. The summed E-state index contributed by atoms with van der Waals surface area (Å²) in [6.07, 6.45) is 4.35. The van der Waals surface area contributed by atoms with Gasteiger partial charge in [0.15, 0.2) is 0 Å². The highest BCUT2D eigenvalue weighted by Crippen LogP contribution is 2.37. The molecule has 1 aromatic carbocycles. The van der Waals surface area contributed by atoms with Crippen molar-refractivity contribution in [3.63, 3.8) is 0 Å². The third kappa shape index (κ3) is 4.81. The van der Waals surface area contributed by atoms with E-state index in [4.69, 9.17) is 15.9 Å². The molecular weight excluding hydrogens is 320 g/mol.